The Morgan fingerprint density at radius 2 is 2.17 bits per heavy atom. The second kappa shape index (κ2) is 10.7. The van der Waals surface area contributed by atoms with Crippen molar-refractivity contribution in [3.8, 4) is 5.75 Å². The van der Waals surface area contributed by atoms with Crippen LogP contribution in [0.4, 0.5) is 5.69 Å². The summed E-state index contributed by atoms with van der Waals surface area (Å²) in [6.07, 6.45) is 9.79. The lowest BCUT2D eigenvalue weighted by Crippen LogP contribution is -2.29. The van der Waals surface area contributed by atoms with E-state index in [2.05, 4.69) is 29.1 Å². The molecule has 0 saturated carbocycles. The summed E-state index contributed by atoms with van der Waals surface area (Å²) in [7, 11) is 3.32. The number of amides is 1. The molecule has 2 N–H and O–H groups in total. The van der Waals surface area contributed by atoms with Gasteiger partial charge in [-0.25, -0.2) is 0 Å². The molecule has 0 saturated heterocycles. The van der Waals surface area contributed by atoms with Crippen LogP contribution in [0, 0.1) is 0 Å². The van der Waals surface area contributed by atoms with E-state index in [0.717, 1.165) is 29.0 Å². The zero-order valence-corrected chi connectivity index (χ0v) is 18.6. The second-order valence-corrected chi connectivity index (χ2v) is 7.21. The summed E-state index contributed by atoms with van der Waals surface area (Å²) in [5, 5.41) is 6.04. The summed E-state index contributed by atoms with van der Waals surface area (Å²) in [5.41, 5.74) is 3.40. The number of rotatable bonds is 8. The molecule has 154 valence electrons. The number of carbonyl (C=O) groups is 1. The van der Waals surface area contributed by atoms with Crippen molar-refractivity contribution in [2.24, 2.45) is 4.99 Å². The average molecular weight is 412 g/mol. The summed E-state index contributed by atoms with van der Waals surface area (Å²) < 4.78 is 6.33. The lowest BCUT2D eigenvalue weighted by molar-refractivity contribution is -0.116. The first-order valence-electron chi connectivity index (χ1n) is 9.59. The van der Waals surface area contributed by atoms with E-state index in [1.807, 2.05) is 49.6 Å². The number of para-hydroxylation sites is 1. The third-order valence-electron chi connectivity index (χ3n) is 4.45. The van der Waals surface area contributed by atoms with Crippen LogP contribution in [0.2, 0.25) is 0 Å². The van der Waals surface area contributed by atoms with E-state index in [4.69, 9.17) is 4.74 Å². The first-order chi connectivity index (χ1) is 14.0. The summed E-state index contributed by atoms with van der Waals surface area (Å²) in [6.45, 7) is 8.10. The number of anilines is 1. The van der Waals surface area contributed by atoms with E-state index in [0.29, 0.717) is 28.5 Å². The van der Waals surface area contributed by atoms with Gasteiger partial charge in [-0.2, -0.15) is 0 Å². The molecule has 1 aromatic rings. The quantitative estimate of drug-likeness (QED) is 0.270. The summed E-state index contributed by atoms with van der Waals surface area (Å²) >= 11 is 1.61. The van der Waals surface area contributed by atoms with Crippen molar-refractivity contribution in [2.75, 3.05) is 25.7 Å². The number of thioether (sulfide) groups is 1. The Balaban J connectivity index is 2.68. The van der Waals surface area contributed by atoms with Crippen molar-refractivity contribution in [3.05, 3.63) is 65.6 Å². The molecule has 1 heterocycles. The predicted molar refractivity (Wildman–Crippen MR) is 124 cm³/mol. The minimum Gasteiger partial charge on any atom is -0.451 e. The molecule has 5 nitrogen and oxygen atoms in total. The summed E-state index contributed by atoms with van der Waals surface area (Å²) in [5.74, 6) is 0.933. The number of ether oxygens (including phenoxy) is 1. The zero-order valence-electron chi connectivity index (χ0n) is 17.8. The van der Waals surface area contributed by atoms with Gasteiger partial charge in [-0.1, -0.05) is 44.2 Å². The molecule has 0 fully saturated rings. The maximum absolute atomic E-state index is 12.4. The highest BCUT2D eigenvalue weighted by Gasteiger charge is 2.29. The molecule has 0 atom stereocenters. The lowest BCUT2D eigenvalue weighted by Gasteiger charge is -2.28. The molecule has 2 rings (SSSR count). The normalized spacial score (nSPS) is 14.4. The van der Waals surface area contributed by atoms with E-state index in [1.165, 1.54) is 0 Å². The Bertz CT molecular complexity index is 911. The topological polar surface area (TPSA) is 62.7 Å². The van der Waals surface area contributed by atoms with Crippen LogP contribution in [0.1, 0.15) is 26.7 Å². The summed E-state index contributed by atoms with van der Waals surface area (Å²) in [4.78, 5) is 17.9. The Hall–Kier alpha value is -2.73. The van der Waals surface area contributed by atoms with Crippen molar-refractivity contribution < 1.29 is 9.53 Å². The number of hydrogen-bond donors (Lipinski definition) is 2. The highest BCUT2D eigenvalue weighted by Crippen LogP contribution is 2.41. The van der Waals surface area contributed by atoms with Gasteiger partial charge in [-0.05, 0) is 37.3 Å². The van der Waals surface area contributed by atoms with Crippen LogP contribution >= 0.6 is 11.8 Å². The number of carbonyl (C=O) groups excluding carboxylic acids is 1. The van der Waals surface area contributed by atoms with Crippen LogP contribution in [0.15, 0.2) is 75.5 Å². The van der Waals surface area contributed by atoms with E-state index >= 15 is 0 Å². The number of nitrogens with one attached hydrogen (secondary N) is 2. The molecule has 0 radical (unpaired) electrons. The van der Waals surface area contributed by atoms with E-state index < -0.39 is 0 Å². The molecule has 0 bridgehead atoms. The Morgan fingerprint density at radius 3 is 2.76 bits per heavy atom. The first-order valence-corrected chi connectivity index (χ1v) is 10.8. The maximum Gasteiger partial charge on any atom is 0.252 e. The molecule has 0 spiro atoms. The van der Waals surface area contributed by atoms with Gasteiger partial charge in [0.15, 0.2) is 11.5 Å². The molecule has 6 heteroatoms. The van der Waals surface area contributed by atoms with Gasteiger partial charge in [0.25, 0.3) is 5.91 Å². The molecule has 1 amide bonds. The van der Waals surface area contributed by atoms with Crippen LogP contribution in [0.3, 0.4) is 0 Å². The van der Waals surface area contributed by atoms with Crippen molar-refractivity contribution in [1.29, 1.82) is 0 Å². The number of allylic oxidation sites excluding steroid dienone is 4. The highest BCUT2D eigenvalue weighted by molar-refractivity contribution is 7.98. The van der Waals surface area contributed by atoms with Crippen LogP contribution < -0.4 is 15.4 Å². The minimum absolute atomic E-state index is 0.274. The molecule has 1 aromatic carbocycles. The van der Waals surface area contributed by atoms with Gasteiger partial charge in [0.05, 0.1) is 17.0 Å². The number of aliphatic imine (C=N–C) groups is 1. The van der Waals surface area contributed by atoms with Crippen LogP contribution in [-0.2, 0) is 4.79 Å². The Morgan fingerprint density at radius 1 is 1.41 bits per heavy atom. The predicted octanol–water partition coefficient (Wildman–Crippen LogP) is 5.10. The number of nitrogens with zero attached hydrogens (tertiary/aromatic N) is 1. The minimum atomic E-state index is -0.274. The number of fused-ring (bicyclic) bond motifs is 1. The van der Waals surface area contributed by atoms with Gasteiger partial charge in [-0.3, -0.25) is 9.79 Å². The molecule has 1 aliphatic rings. The monoisotopic (exact) mass is 411 g/mol. The lowest BCUT2D eigenvalue weighted by atomic mass is 9.99. The van der Waals surface area contributed by atoms with Gasteiger partial charge in [0, 0.05) is 19.0 Å². The number of hydrogen-bond acceptors (Lipinski definition) is 5. The average Bonchev–Trinajstić information content (AvgIpc) is 2.75. The van der Waals surface area contributed by atoms with Gasteiger partial charge >= 0.3 is 0 Å². The second-order valence-electron chi connectivity index (χ2n) is 6.36. The van der Waals surface area contributed by atoms with Gasteiger partial charge < -0.3 is 15.4 Å². The number of benzene rings is 1. The van der Waals surface area contributed by atoms with Crippen LogP contribution in [-0.4, -0.2) is 32.0 Å². The molecule has 0 aromatic heterocycles. The summed E-state index contributed by atoms with van der Waals surface area (Å²) in [6, 6.07) is 5.87. The highest BCUT2D eigenvalue weighted by atomic mass is 32.2. The third kappa shape index (κ3) is 5.01. The van der Waals surface area contributed by atoms with E-state index in [-0.39, 0.29) is 5.91 Å². The zero-order chi connectivity index (χ0) is 21.4. The Labute approximate surface area is 177 Å². The Kier molecular flexibility index (Phi) is 8.34. The third-order valence-corrected chi connectivity index (χ3v) is 5.23. The SMILES string of the molecule is C=C(C(=O)NC)C1=C(C(=NC)/C(=C/C=C\C)CCC)Oc2cccc(SC)c2N1. The van der Waals surface area contributed by atoms with Crippen LogP contribution in [0.5, 0.6) is 5.75 Å². The van der Waals surface area contributed by atoms with Gasteiger partial charge in [0.2, 0.25) is 0 Å². The van der Waals surface area contributed by atoms with Crippen molar-refractivity contribution in [1.82, 2.24) is 5.32 Å². The molecule has 1 aliphatic heterocycles. The standard InChI is InChI=1S/C23H29N3O2S/c1-7-9-12-16(11-8-2)20(24-4)22-19(15(3)23(27)25-5)26-21-17(28-22)13-10-14-18(21)29-6/h7,9-10,12-14,26H,3,8,11H2,1-2,4-6H3,(H,25,27)/b9-7-,16-12+,24-20?. The van der Waals surface area contributed by atoms with Crippen molar-refractivity contribution >= 4 is 29.1 Å². The van der Waals surface area contributed by atoms with E-state index in [1.54, 1.807) is 25.9 Å². The molecule has 29 heavy (non-hydrogen) atoms. The van der Waals surface area contributed by atoms with Crippen LogP contribution in [0.25, 0.3) is 0 Å². The first kappa shape index (κ1) is 22.6. The van der Waals surface area contributed by atoms with Gasteiger partial charge in [-0.15, -0.1) is 11.8 Å². The fourth-order valence-corrected chi connectivity index (χ4v) is 3.60. The van der Waals surface area contributed by atoms with Gasteiger partial charge in [0.1, 0.15) is 5.71 Å². The van der Waals surface area contributed by atoms with Crippen molar-refractivity contribution in [2.45, 2.75) is 31.6 Å². The van der Waals surface area contributed by atoms with Crippen molar-refractivity contribution in [3.63, 3.8) is 0 Å². The fourth-order valence-electron chi connectivity index (χ4n) is 3.03. The molecule has 0 aliphatic carbocycles. The van der Waals surface area contributed by atoms with E-state index in [9.17, 15) is 4.79 Å². The maximum atomic E-state index is 12.4. The molecular weight excluding hydrogens is 382 g/mol. The number of likely N-dealkylation sites (N-methyl/N-ethyl adjacent to an activating group) is 1. The largest absolute Gasteiger partial charge is 0.451 e. The smallest absolute Gasteiger partial charge is 0.252 e. The molecular formula is C23H29N3O2S. The molecule has 0 unspecified atom stereocenters. The fraction of sp³-hybridized carbons (Fsp3) is 0.304.